The highest BCUT2D eigenvalue weighted by molar-refractivity contribution is 5.82. The predicted octanol–water partition coefficient (Wildman–Crippen LogP) is 1.70. The normalized spacial score (nSPS) is 17.2. The van der Waals surface area contributed by atoms with Crippen LogP contribution in [0.3, 0.4) is 0 Å². The van der Waals surface area contributed by atoms with Gasteiger partial charge in [-0.25, -0.2) is 4.79 Å². The van der Waals surface area contributed by atoms with E-state index in [9.17, 15) is 4.79 Å². The van der Waals surface area contributed by atoms with Crippen LogP contribution in [0.2, 0.25) is 0 Å². The highest BCUT2D eigenvalue weighted by Gasteiger charge is 2.45. The van der Waals surface area contributed by atoms with Crippen molar-refractivity contribution in [3.8, 4) is 0 Å². The minimum absolute atomic E-state index is 0.281. The number of carbonyl (C=O) groups is 1. The standard InChI is InChI=1S/C16H19N3O2/c1-21-15(20)16(18-14-8-9-14,12-19-11-5-10-17-19)13-6-3-2-4-7-13/h2-7,10-11,14,18H,8-9,12H2,1H3. The maximum absolute atomic E-state index is 12.6. The van der Waals surface area contributed by atoms with Crippen molar-refractivity contribution >= 4 is 5.97 Å². The van der Waals surface area contributed by atoms with Crippen LogP contribution in [0.5, 0.6) is 0 Å². The lowest BCUT2D eigenvalue weighted by Gasteiger charge is -2.32. The van der Waals surface area contributed by atoms with Crippen molar-refractivity contribution in [1.29, 1.82) is 0 Å². The Morgan fingerprint density at radius 1 is 1.38 bits per heavy atom. The third-order valence-corrected chi connectivity index (χ3v) is 3.79. The van der Waals surface area contributed by atoms with Gasteiger partial charge < -0.3 is 4.74 Å². The van der Waals surface area contributed by atoms with Crippen LogP contribution in [-0.2, 0) is 21.6 Å². The first-order chi connectivity index (χ1) is 10.2. The SMILES string of the molecule is COC(=O)C(Cn1cccn1)(NC1CC1)c1ccccc1. The molecule has 0 spiro atoms. The highest BCUT2D eigenvalue weighted by atomic mass is 16.5. The number of carbonyl (C=O) groups excluding carboxylic acids is 1. The van der Waals surface area contributed by atoms with Crippen LogP contribution in [0, 0.1) is 0 Å². The number of hydrogen-bond donors (Lipinski definition) is 1. The summed E-state index contributed by atoms with van der Waals surface area (Å²) in [5.74, 6) is -0.281. The monoisotopic (exact) mass is 285 g/mol. The Balaban J connectivity index is 2.02. The fourth-order valence-corrected chi connectivity index (χ4v) is 2.57. The van der Waals surface area contributed by atoms with Crippen molar-refractivity contribution in [2.75, 3.05) is 7.11 Å². The Labute approximate surface area is 123 Å². The second-order valence-corrected chi connectivity index (χ2v) is 5.39. The van der Waals surface area contributed by atoms with E-state index in [1.54, 1.807) is 10.9 Å². The molecule has 1 aliphatic rings. The summed E-state index contributed by atoms with van der Waals surface area (Å²) in [6, 6.07) is 11.9. The third-order valence-electron chi connectivity index (χ3n) is 3.79. The van der Waals surface area contributed by atoms with Gasteiger partial charge in [0.2, 0.25) is 0 Å². The molecule has 5 nitrogen and oxygen atoms in total. The second kappa shape index (κ2) is 5.69. The molecule has 21 heavy (non-hydrogen) atoms. The van der Waals surface area contributed by atoms with E-state index in [0.717, 1.165) is 18.4 Å². The van der Waals surface area contributed by atoms with E-state index in [-0.39, 0.29) is 5.97 Å². The largest absolute Gasteiger partial charge is 0.467 e. The molecule has 3 rings (SSSR count). The maximum Gasteiger partial charge on any atom is 0.332 e. The summed E-state index contributed by atoms with van der Waals surface area (Å²) in [6.07, 6.45) is 5.74. The number of nitrogens with one attached hydrogen (secondary N) is 1. The highest BCUT2D eigenvalue weighted by Crippen LogP contribution is 2.31. The molecule has 110 valence electrons. The summed E-state index contributed by atoms with van der Waals surface area (Å²) in [6.45, 7) is 0.410. The molecular weight excluding hydrogens is 266 g/mol. The van der Waals surface area contributed by atoms with Crippen LogP contribution in [0.25, 0.3) is 0 Å². The van der Waals surface area contributed by atoms with E-state index < -0.39 is 5.54 Å². The Hall–Kier alpha value is -2.14. The van der Waals surface area contributed by atoms with E-state index in [1.165, 1.54) is 7.11 Å². The third kappa shape index (κ3) is 2.83. The maximum atomic E-state index is 12.6. The molecule has 1 N–H and O–H groups in total. The molecule has 1 fully saturated rings. The molecule has 1 aromatic heterocycles. The first-order valence-electron chi connectivity index (χ1n) is 7.14. The van der Waals surface area contributed by atoms with Gasteiger partial charge in [-0.15, -0.1) is 0 Å². The molecule has 1 heterocycles. The average molecular weight is 285 g/mol. The zero-order valence-corrected chi connectivity index (χ0v) is 12.0. The van der Waals surface area contributed by atoms with Gasteiger partial charge in [-0.05, 0) is 24.5 Å². The van der Waals surface area contributed by atoms with E-state index in [1.807, 2.05) is 42.6 Å². The van der Waals surface area contributed by atoms with Gasteiger partial charge in [0.15, 0.2) is 5.54 Å². The van der Waals surface area contributed by atoms with E-state index >= 15 is 0 Å². The van der Waals surface area contributed by atoms with Crippen molar-refractivity contribution in [1.82, 2.24) is 15.1 Å². The van der Waals surface area contributed by atoms with Crippen LogP contribution in [0.4, 0.5) is 0 Å². The first kappa shape index (κ1) is 13.8. The zero-order chi connectivity index (χ0) is 14.7. The smallest absolute Gasteiger partial charge is 0.332 e. The number of ether oxygens (including phenoxy) is 1. The number of esters is 1. The molecule has 1 aliphatic carbocycles. The van der Waals surface area contributed by atoms with Gasteiger partial charge in [0.05, 0.1) is 13.7 Å². The molecule has 0 bridgehead atoms. The van der Waals surface area contributed by atoms with Crippen molar-refractivity contribution in [2.45, 2.75) is 31.0 Å². The van der Waals surface area contributed by atoms with Gasteiger partial charge >= 0.3 is 5.97 Å². The molecule has 5 heteroatoms. The number of hydrogen-bond acceptors (Lipinski definition) is 4. The molecule has 0 amide bonds. The summed E-state index contributed by atoms with van der Waals surface area (Å²) in [7, 11) is 1.43. The van der Waals surface area contributed by atoms with Crippen LogP contribution in [0.15, 0.2) is 48.8 Å². The molecule has 0 aliphatic heterocycles. The lowest BCUT2D eigenvalue weighted by Crippen LogP contribution is -2.53. The molecular formula is C16H19N3O2. The quantitative estimate of drug-likeness (QED) is 0.821. The molecule has 1 aromatic carbocycles. The number of methoxy groups -OCH3 is 1. The van der Waals surface area contributed by atoms with Crippen molar-refractivity contribution < 1.29 is 9.53 Å². The van der Waals surface area contributed by atoms with E-state index in [0.29, 0.717) is 12.6 Å². The fourth-order valence-electron chi connectivity index (χ4n) is 2.57. The van der Waals surface area contributed by atoms with Crippen molar-refractivity contribution in [3.63, 3.8) is 0 Å². The van der Waals surface area contributed by atoms with E-state index in [4.69, 9.17) is 4.74 Å². The molecule has 0 radical (unpaired) electrons. The van der Waals surface area contributed by atoms with Crippen LogP contribution < -0.4 is 5.32 Å². The zero-order valence-electron chi connectivity index (χ0n) is 12.0. The minimum Gasteiger partial charge on any atom is -0.467 e. The van der Waals surface area contributed by atoms with Crippen LogP contribution >= 0.6 is 0 Å². The summed E-state index contributed by atoms with van der Waals surface area (Å²) in [4.78, 5) is 12.6. The predicted molar refractivity (Wildman–Crippen MR) is 78.5 cm³/mol. The number of aromatic nitrogens is 2. The van der Waals surface area contributed by atoms with Gasteiger partial charge in [-0.1, -0.05) is 30.3 Å². The summed E-state index contributed by atoms with van der Waals surface area (Å²) >= 11 is 0. The van der Waals surface area contributed by atoms with Gasteiger partial charge in [-0.3, -0.25) is 10.00 Å². The Bertz CT molecular complexity index is 593. The van der Waals surface area contributed by atoms with Gasteiger partial charge in [0.1, 0.15) is 0 Å². The lowest BCUT2D eigenvalue weighted by molar-refractivity contribution is -0.150. The molecule has 1 atom stereocenters. The Morgan fingerprint density at radius 2 is 2.14 bits per heavy atom. The van der Waals surface area contributed by atoms with Gasteiger partial charge in [0.25, 0.3) is 0 Å². The molecule has 2 aromatic rings. The Morgan fingerprint density at radius 3 is 2.71 bits per heavy atom. The number of nitrogens with zero attached hydrogens (tertiary/aromatic N) is 2. The topological polar surface area (TPSA) is 56.2 Å². The first-order valence-corrected chi connectivity index (χ1v) is 7.14. The average Bonchev–Trinajstić information content (AvgIpc) is 3.19. The van der Waals surface area contributed by atoms with Crippen molar-refractivity contribution in [2.24, 2.45) is 0 Å². The molecule has 1 saturated carbocycles. The molecule has 0 saturated heterocycles. The van der Waals surface area contributed by atoms with Crippen molar-refractivity contribution in [3.05, 3.63) is 54.4 Å². The van der Waals surface area contributed by atoms with Gasteiger partial charge in [-0.2, -0.15) is 5.10 Å². The second-order valence-electron chi connectivity index (χ2n) is 5.39. The van der Waals surface area contributed by atoms with E-state index in [2.05, 4.69) is 10.4 Å². The Kier molecular flexibility index (Phi) is 3.75. The summed E-state index contributed by atoms with van der Waals surface area (Å²) in [5.41, 5.74) is 0.00248. The summed E-state index contributed by atoms with van der Waals surface area (Å²) in [5, 5.41) is 7.71. The number of rotatable bonds is 6. The van der Waals surface area contributed by atoms with Gasteiger partial charge in [0, 0.05) is 18.4 Å². The van der Waals surface area contributed by atoms with Crippen LogP contribution in [0.1, 0.15) is 18.4 Å². The lowest BCUT2D eigenvalue weighted by atomic mass is 9.89. The number of benzene rings is 1. The van der Waals surface area contributed by atoms with Crippen LogP contribution in [-0.4, -0.2) is 28.9 Å². The minimum atomic E-state index is -0.900. The molecule has 1 unspecified atom stereocenters. The fraction of sp³-hybridized carbons (Fsp3) is 0.375. The summed E-state index contributed by atoms with van der Waals surface area (Å²) < 4.78 is 6.87.